The van der Waals surface area contributed by atoms with Crippen LogP contribution in [0.4, 0.5) is 23.8 Å². The lowest BCUT2D eigenvalue weighted by atomic mass is 10.1. The Morgan fingerprint density at radius 3 is 2.45 bits per heavy atom. The van der Waals surface area contributed by atoms with E-state index in [1.807, 2.05) is 20.8 Å². The number of aromatic nitrogens is 3. The molecule has 11 heteroatoms. The van der Waals surface area contributed by atoms with Gasteiger partial charge in [0.25, 0.3) is 0 Å². The number of rotatable bonds is 3. The summed E-state index contributed by atoms with van der Waals surface area (Å²) >= 11 is 0. The van der Waals surface area contributed by atoms with Crippen LogP contribution in [0.15, 0.2) is 22.9 Å². The van der Waals surface area contributed by atoms with Crippen LogP contribution < -0.4 is 5.32 Å². The van der Waals surface area contributed by atoms with Gasteiger partial charge < -0.3 is 19.5 Å². The Hall–Kier alpha value is -2.85. The predicted octanol–water partition coefficient (Wildman–Crippen LogP) is 3.96. The number of nitrogens with one attached hydrogen (secondary N) is 1. The van der Waals surface area contributed by atoms with Gasteiger partial charge in [-0.1, -0.05) is 5.16 Å². The first kappa shape index (κ1) is 20.9. The molecule has 2 aromatic rings. The summed E-state index contributed by atoms with van der Waals surface area (Å²) in [6.45, 7) is 6.61. The number of pyridine rings is 1. The molecular formula is C18H22F3N5O3. The molecule has 0 aliphatic carbocycles. The fourth-order valence-electron chi connectivity index (χ4n) is 2.81. The van der Waals surface area contributed by atoms with Gasteiger partial charge in [-0.05, 0) is 45.7 Å². The molecule has 3 rings (SSSR count). The van der Waals surface area contributed by atoms with Gasteiger partial charge in [-0.2, -0.15) is 18.2 Å². The summed E-state index contributed by atoms with van der Waals surface area (Å²) in [4.78, 5) is 21.3. The lowest BCUT2D eigenvalue weighted by Gasteiger charge is -2.33. The van der Waals surface area contributed by atoms with Crippen LogP contribution in [0, 0.1) is 0 Å². The molecule has 8 nitrogen and oxygen atoms in total. The Balaban J connectivity index is 1.53. The van der Waals surface area contributed by atoms with Crippen molar-refractivity contribution in [2.75, 3.05) is 18.4 Å². The number of nitrogens with zero attached hydrogens (tertiary/aromatic N) is 4. The molecule has 0 radical (unpaired) electrons. The molecule has 1 saturated heterocycles. The maximum absolute atomic E-state index is 12.5. The average Bonchev–Trinajstić information content (AvgIpc) is 3.12. The van der Waals surface area contributed by atoms with Crippen molar-refractivity contribution in [3.05, 3.63) is 24.2 Å². The van der Waals surface area contributed by atoms with Crippen LogP contribution in [0.1, 0.15) is 39.5 Å². The number of alkyl halides is 3. The molecule has 1 aliphatic heterocycles. The third-order valence-corrected chi connectivity index (χ3v) is 4.19. The number of carbonyl (C=O) groups excluding carboxylic acids is 1. The Labute approximate surface area is 165 Å². The van der Waals surface area contributed by atoms with Crippen LogP contribution in [0.3, 0.4) is 0 Å². The molecule has 0 unspecified atom stereocenters. The lowest BCUT2D eigenvalue weighted by Crippen LogP contribution is -2.44. The zero-order valence-electron chi connectivity index (χ0n) is 16.3. The second-order valence-electron chi connectivity index (χ2n) is 7.74. The van der Waals surface area contributed by atoms with E-state index >= 15 is 0 Å². The standard InChI is InChI=1S/C18H22F3N5O3/c1-17(2,3)28-16(27)26-8-6-12(7-9-26)23-13-5-4-11(10-22-13)14-24-15(29-25-14)18(19,20)21/h4-5,10,12H,6-9H2,1-3H3,(H,22,23). The van der Waals surface area contributed by atoms with Gasteiger partial charge in [-0.3, -0.25) is 0 Å². The predicted molar refractivity (Wildman–Crippen MR) is 97.0 cm³/mol. The number of amides is 1. The minimum absolute atomic E-state index is 0.119. The van der Waals surface area contributed by atoms with Gasteiger partial charge in [0.15, 0.2) is 0 Å². The highest BCUT2D eigenvalue weighted by Gasteiger charge is 2.38. The number of likely N-dealkylation sites (tertiary alicyclic amines) is 1. The maximum Gasteiger partial charge on any atom is 0.471 e. The van der Waals surface area contributed by atoms with E-state index in [1.54, 1.807) is 17.0 Å². The molecule has 158 valence electrons. The minimum atomic E-state index is -4.69. The summed E-state index contributed by atoms with van der Waals surface area (Å²) in [5, 5.41) is 6.60. The van der Waals surface area contributed by atoms with Crippen molar-refractivity contribution in [1.29, 1.82) is 0 Å². The number of hydrogen-bond acceptors (Lipinski definition) is 7. The van der Waals surface area contributed by atoms with E-state index in [1.165, 1.54) is 6.20 Å². The fraction of sp³-hybridized carbons (Fsp3) is 0.556. The summed E-state index contributed by atoms with van der Waals surface area (Å²) < 4.78 is 47.2. The molecule has 1 aliphatic rings. The molecule has 0 saturated carbocycles. The summed E-state index contributed by atoms with van der Waals surface area (Å²) in [7, 11) is 0. The van der Waals surface area contributed by atoms with Crippen LogP contribution in [0.25, 0.3) is 11.4 Å². The molecule has 1 amide bonds. The molecule has 1 fully saturated rings. The molecule has 2 aromatic heterocycles. The number of anilines is 1. The van der Waals surface area contributed by atoms with Crippen molar-refractivity contribution in [3.63, 3.8) is 0 Å². The van der Waals surface area contributed by atoms with Gasteiger partial charge in [0.05, 0.1) is 0 Å². The number of piperidine rings is 1. The third kappa shape index (κ3) is 5.58. The number of hydrogen-bond donors (Lipinski definition) is 1. The highest BCUT2D eigenvalue weighted by molar-refractivity contribution is 5.68. The summed E-state index contributed by atoms with van der Waals surface area (Å²) in [6.07, 6.45) is -2.18. The first-order chi connectivity index (χ1) is 13.5. The highest BCUT2D eigenvalue weighted by atomic mass is 19.4. The zero-order chi connectivity index (χ0) is 21.2. The van der Waals surface area contributed by atoms with E-state index in [0.717, 1.165) is 12.8 Å². The molecule has 0 atom stereocenters. The second kappa shape index (κ2) is 7.88. The van der Waals surface area contributed by atoms with Crippen molar-refractivity contribution in [2.45, 2.75) is 51.4 Å². The number of carbonyl (C=O) groups is 1. The van der Waals surface area contributed by atoms with Gasteiger partial charge in [0.1, 0.15) is 11.4 Å². The Morgan fingerprint density at radius 2 is 1.93 bits per heavy atom. The number of ether oxygens (including phenoxy) is 1. The van der Waals surface area contributed by atoms with Gasteiger partial charge in [0, 0.05) is 30.9 Å². The van der Waals surface area contributed by atoms with Crippen LogP contribution >= 0.6 is 0 Å². The van der Waals surface area contributed by atoms with E-state index in [9.17, 15) is 18.0 Å². The number of halogens is 3. The lowest BCUT2D eigenvalue weighted by molar-refractivity contribution is -0.159. The van der Waals surface area contributed by atoms with Crippen LogP contribution in [0.2, 0.25) is 0 Å². The summed E-state index contributed by atoms with van der Waals surface area (Å²) in [5.74, 6) is -1.00. The monoisotopic (exact) mass is 413 g/mol. The molecule has 0 aromatic carbocycles. The first-order valence-electron chi connectivity index (χ1n) is 9.13. The molecule has 29 heavy (non-hydrogen) atoms. The third-order valence-electron chi connectivity index (χ3n) is 4.19. The van der Waals surface area contributed by atoms with Crippen molar-refractivity contribution in [1.82, 2.24) is 20.0 Å². The van der Waals surface area contributed by atoms with E-state index in [2.05, 4.69) is 25.0 Å². The van der Waals surface area contributed by atoms with Crippen LogP contribution in [0.5, 0.6) is 0 Å². The minimum Gasteiger partial charge on any atom is -0.444 e. The summed E-state index contributed by atoms with van der Waals surface area (Å²) in [5.41, 5.74) is -0.216. The molecule has 1 N–H and O–H groups in total. The van der Waals surface area contributed by atoms with E-state index in [0.29, 0.717) is 24.5 Å². The summed E-state index contributed by atoms with van der Waals surface area (Å²) in [6, 6.07) is 3.32. The van der Waals surface area contributed by atoms with Crippen molar-refractivity contribution in [3.8, 4) is 11.4 Å². The Morgan fingerprint density at radius 1 is 1.24 bits per heavy atom. The Bertz CT molecular complexity index is 838. The molecular weight excluding hydrogens is 391 g/mol. The topological polar surface area (TPSA) is 93.4 Å². The normalized spacial score (nSPS) is 16.0. The van der Waals surface area contributed by atoms with E-state index in [-0.39, 0.29) is 18.0 Å². The van der Waals surface area contributed by atoms with Crippen LogP contribution in [-0.4, -0.2) is 50.9 Å². The average molecular weight is 413 g/mol. The molecule has 0 spiro atoms. The highest BCUT2D eigenvalue weighted by Crippen LogP contribution is 2.29. The fourth-order valence-corrected chi connectivity index (χ4v) is 2.81. The quantitative estimate of drug-likeness (QED) is 0.814. The molecule has 3 heterocycles. The maximum atomic E-state index is 12.5. The van der Waals surface area contributed by atoms with Crippen molar-refractivity contribution in [2.24, 2.45) is 0 Å². The van der Waals surface area contributed by atoms with Crippen molar-refractivity contribution < 1.29 is 27.2 Å². The SMILES string of the molecule is CC(C)(C)OC(=O)N1CCC(Nc2ccc(-c3noc(C(F)(F)F)n3)cn2)CC1. The van der Waals surface area contributed by atoms with Gasteiger partial charge in [-0.15, -0.1) is 0 Å². The first-order valence-corrected chi connectivity index (χ1v) is 9.13. The van der Waals surface area contributed by atoms with Gasteiger partial charge in [-0.25, -0.2) is 9.78 Å². The zero-order valence-corrected chi connectivity index (χ0v) is 16.3. The van der Waals surface area contributed by atoms with Gasteiger partial charge in [0.2, 0.25) is 5.82 Å². The Kier molecular flexibility index (Phi) is 5.67. The smallest absolute Gasteiger partial charge is 0.444 e. The van der Waals surface area contributed by atoms with Gasteiger partial charge >= 0.3 is 18.2 Å². The van der Waals surface area contributed by atoms with E-state index in [4.69, 9.17) is 4.74 Å². The van der Waals surface area contributed by atoms with Crippen molar-refractivity contribution >= 4 is 11.9 Å². The largest absolute Gasteiger partial charge is 0.471 e. The second-order valence-corrected chi connectivity index (χ2v) is 7.74. The van der Waals surface area contributed by atoms with E-state index < -0.39 is 17.7 Å². The van der Waals surface area contributed by atoms with Crippen LogP contribution in [-0.2, 0) is 10.9 Å². The molecule has 0 bridgehead atoms.